The molecular formula is C16H19OP. The van der Waals surface area contributed by atoms with E-state index in [0.29, 0.717) is 0 Å². The van der Waals surface area contributed by atoms with Crippen molar-refractivity contribution in [3.8, 4) is 0 Å². The summed E-state index contributed by atoms with van der Waals surface area (Å²) in [6.07, 6.45) is 9.47. The Labute approximate surface area is 109 Å². The second kappa shape index (κ2) is 5.54. The number of benzene rings is 1. The summed E-state index contributed by atoms with van der Waals surface area (Å²) in [5.74, 6) is 0. The van der Waals surface area contributed by atoms with Crippen molar-refractivity contribution in [2.45, 2.75) is 24.2 Å². The predicted octanol–water partition coefficient (Wildman–Crippen LogP) is 4.13. The average Bonchev–Trinajstić information content (AvgIpc) is 2.71. The lowest BCUT2D eigenvalue weighted by Gasteiger charge is -2.25. The van der Waals surface area contributed by atoms with Crippen molar-refractivity contribution in [3.05, 3.63) is 67.8 Å². The van der Waals surface area contributed by atoms with Crippen molar-refractivity contribution in [3.63, 3.8) is 0 Å². The molecule has 0 spiro atoms. The smallest absolute Gasteiger partial charge is 0.129 e. The van der Waals surface area contributed by atoms with Crippen LogP contribution in [0.25, 0.3) is 0 Å². The largest absolute Gasteiger partial charge is 0.317 e. The van der Waals surface area contributed by atoms with Gasteiger partial charge in [0.15, 0.2) is 0 Å². The first-order chi connectivity index (χ1) is 8.73. The van der Waals surface area contributed by atoms with Crippen LogP contribution in [0.1, 0.15) is 12.8 Å². The highest BCUT2D eigenvalue weighted by molar-refractivity contribution is 7.73. The summed E-state index contributed by atoms with van der Waals surface area (Å²) in [5.41, 5.74) is 0.199. The molecule has 0 saturated carbocycles. The van der Waals surface area contributed by atoms with Crippen LogP contribution >= 0.6 is 7.14 Å². The molecule has 0 saturated heterocycles. The first kappa shape index (κ1) is 13.1. The highest BCUT2D eigenvalue weighted by Crippen LogP contribution is 2.61. The topological polar surface area (TPSA) is 17.1 Å². The van der Waals surface area contributed by atoms with Crippen LogP contribution in [0.5, 0.6) is 0 Å². The fourth-order valence-corrected chi connectivity index (χ4v) is 6.14. The third-order valence-electron chi connectivity index (χ3n) is 3.52. The average molecular weight is 258 g/mol. The molecule has 1 aromatic carbocycles. The fraction of sp³-hybridized carbons (Fsp3) is 0.250. The van der Waals surface area contributed by atoms with E-state index in [1.54, 1.807) is 0 Å². The molecule has 1 heterocycles. The first-order valence-electron chi connectivity index (χ1n) is 6.28. The zero-order valence-corrected chi connectivity index (χ0v) is 11.4. The lowest BCUT2D eigenvalue weighted by molar-refractivity contribution is 0.573. The van der Waals surface area contributed by atoms with Gasteiger partial charge in [0, 0.05) is 16.6 Å². The van der Waals surface area contributed by atoms with Crippen LogP contribution in [0, 0.1) is 0 Å². The van der Waals surface area contributed by atoms with Gasteiger partial charge >= 0.3 is 0 Å². The second-order valence-electron chi connectivity index (χ2n) is 4.61. The molecule has 1 aliphatic heterocycles. The highest BCUT2D eigenvalue weighted by Gasteiger charge is 2.42. The second-order valence-corrected chi connectivity index (χ2v) is 7.88. The van der Waals surface area contributed by atoms with Crippen molar-refractivity contribution < 1.29 is 4.57 Å². The molecule has 0 radical (unpaired) electrons. The van der Waals surface area contributed by atoms with Crippen LogP contribution in [0.3, 0.4) is 0 Å². The van der Waals surface area contributed by atoms with E-state index in [1.807, 2.05) is 42.5 Å². The van der Waals surface area contributed by atoms with Crippen molar-refractivity contribution in [1.82, 2.24) is 0 Å². The summed E-state index contributed by atoms with van der Waals surface area (Å²) < 4.78 is 13.5. The molecular weight excluding hydrogens is 239 g/mol. The zero-order valence-electron chi connectivity index (χ0n) is 10.5. The van der Waals surface area contributed by atoms with E-state index in [2.05, 4.69) is 25.3 Å². The number of hydrogen-bond donors (Lipinski definition) is 0. The summed E-state index contributed by atoms with van der Waals surface area (Å²) >= 11 is 0. The molecule has 0 aromatic heterocycles. The van der Waals surface area contributed by atoms with Crippen LogP contribution in [0.2, 0.25) is 0 Å². The van der Waals surface area contributed by atoms with Crippen molar-refractivity contribution in [2.75, 3.05) is 0 Å². The molecule has 0 aliphatic carbocycles. The molecule has 1 aromatic rings. The maximum atomic E-state index is 13.5. The van der Waals surface area contributed by atoms with Crippen LogP contribution in [-0.2, 0) is 4.57 Å². The molecule has 18 heavy (non-hydrogen) atoms. The molecule has 1 unspecified atom stereocenters. The van der Waals surface area contributed by atoms with Gasteiger partial charge in [-0.1, -0.05) is 54.6 Å². The lowest BCUT2D eigenvalue weighted by atomic mass is 10.2. The van der Waals surface area contributed by atoms with Gasteiger partial charge in [0.1, 0.15) is 7.14 Å². The van der Waals surface area contributed by atoms with Gasteiger partial charge in [-0.15, -0.1) is 13.2 Å². The molecule has 0 fully saturated rings. The van der Waals surface area contributed by atoms with Gasteiger partial charge in [0.05, 0.1) is 0 Å². The SMILES string of the molecule is C=CC[C@H]1C=C[C@@H](CC=C)P1(=O)c1ccccc1. The zero-order chi connectivity index (χ0) is 13.0. The van der Waals surface area contributed by atoms with E-state index in [1.165, 1.54) is 0 Å². The van der Waals surface area contributed by atoms with Gasteiger partial charge in [0.2, 0.25) is 0 Å². The molecule has 2 rings (SSSR count). The third-order valence-corrected chi connectivity index (χ3v) is 7.36. The molecule has 3 atom stereocenters. The van der Waals surface area contributed by atoms with Crippen LogP contribution in [0.15, 0.2) is 67.8 Å². The molecule has 2 heteroatoms. The Kier molecular flexibility index (Phi) is 4.04. The number of hydrogen-bond acceptors (Lipinski definition) is 1. The quantitative estimate of drug-likeness (QED) is 0.573. The Morgan fingerprint density at radius 1 is 1.00 bits per heavy atom. The standard InChI is InChI=1S/C16H19OP/c1-3-8-14-12-13-15(9-4-2)18(14,17)16-10-6-5-7-11-16/h3-7,10-15H,1-2,8-9H2/t14-,15+,18?. The predicted molar refractivity (Wildman–Crippen MR) is 80.0 cm³/mol. The summed E-state index contributed by atoms with van der Waals surface area (Å²) in [5, 5.41) is 0.980. The summed E-state index contributed by atoms with van der Waals surface area (Å²) in [7, 11) is -2.43. The minimum Gasteiger partial charge on any atom is -0.317 e. The van der Waals surface area contributed by atoms with E-state index in [-0.39, 0.29) is 11.3 Å². The van der Waals surface area contributed by atoms with E-state index in [0.717, 1.165) is 18.1 Å². The Morgan fingerprint density at radius 3 is 1.94 bits per heavy atom. The van der Waals surface area contributed by atoms with Crippen molar-refractivity contribution in [1.29, 1.82) is 0 Å². The number of allylic oxidation sites excluding steroid dienone is 4. The lowest BCUT2D eigenvalue weighted by Crippen LogP contribution is -2.19. The van der Waals surface area contributed by atoms with E-state index in [4.69, 9.17) is 0 Å². The van der Waals surface area contributed by atoms with Gasteiger partial charge in [-0.05, 0) is 12.8 Å². The maximum Gasteiger partial charge on any atom is 0.129 e. The Bertz CT molecular complexity index is 477. The number of rotatable bonds is 5. The highest BCUT2D eigenvalue weighted by atomic mass is 31.2. The van der Waals surface area contributed by atoms with Gasteiger partial charge in [0.25, 0.3) is 0 Å². The summed E-state index contributed by atoms with van der Waals surface area (Å²) in [6.45, 7) is 7.56. The van der Waals surface area contributed by atoms with Gasteiger partial charge < -0.3 is 4.57 Å². The third kappa shape index (κ3) is 2.15. The van der Waals surface area contributed by atoms with Crippen LogP contribution in [-0.4, -0.2) is 11.3 Å². The Hall–Kier alpha value is -1.33. The van der Waals surface area contributed by atoms with Crippen molar-refractivity contribution >= 4 is 12.4 Å². The molecule has 1 nitrogen and oxygen atoms in total. The van der Waals surface area contributed by atoms with Gasteiger partial charge in [-0.3, -0.25) is 0 Å². The van der Waals surface area contributed by atoms with Gasteiger partial charge in [-0.25, -0.2) is 0 Å². The molecule has 1 aliphatic rings. The molecule has 0 bridgehead atoms. The fourth-order valence-electron chi connectivity index (χ4n) is 2.61. The summed E-state index contributed by atoms with van der Waals surface area (Å²) in [6, 6.07) is 9.86. The molecule has 0 amide bonds. The molecule has 94 valence electrons. The molecule has 0 N–H and O–H groups in total. The van der Waals surface area contributed by atoms with E-state index >= 15 is 0 Å². The minimum atomic E-state index is -2.43. The minimum absolute atomic E-state index is 0.0994. The van der Waals surface area contributed by atoms with Gasteiger partial charge in [-0.2, -0.15) is 0 Å². The van der Waals surface area contributed by atoms with Crippen molar-refractivity contribution in [2.24, 2.45) is 0 Å². The normalized spacial score (nSPS) is 30.2. The van der Waals surface area contributed by atoms with E-state index < -0.39 is 7.14 Å². The van der Waals surface area contributed by atoms with Crippen LogP contribution in [0.4, 0.5) is 0 Å². The first-order valence-corrected chi connectivity index (χ1v) is 8.13. The monoisotopic (exact) mass is 258 g/mol. The Balaban J connectivity index is 2.43. The van der Waals surface area contributed by atoms with E-state index in [9.17, 15) is 4.57 Å². The Morgan fingerprint density at radius 2 is 1.50 bits per heavy atom. The van der Waals surface area contributed by atoms with Crippen LogP contribution < -0.4 is 5.30 Å². The maximum absolute atomic E-state index is 13.5. The summed E-state index contributed by atoms with van der Waals surface area (Å²) in [4.78, 5) is 0.